The monoisotopic (exact) mass is 793 g/mol. The van der Waals surface area contributed by atoms with E-state index in [0.717, 1.165) is 69.6 Å². The molecule has 0 N–H and O–H groups in total. The van der Waals surface area contributed by atoms with Crippen molar-refractivity contribution in [3.63, 3.8) is 0 Å². The minimum atomic E-state index is -0.761. The first kappa shape index (κ1) is 54.4. The molecule has 0 spiro atoms. The summed E-state index contributed by atoms with van der Waals surface area (Å²) >= 11 is 0. The van der Waals surface area contributed by atoms with Gasteiger partial charge in [0, 0.05) is 19.3 Å². The molecule has 56 heavy (non-hydrogen) atoms. The van der Waals surface area contributed by atoms with Crippen LogP contribution >= 0.6 is 0 Å². The van der Waals surface area contributed by atoms with Gasteiger partial charge in [-0.1, -0.05) is 234 Å². The summed E-state index contributed by atoms with van der Waals surface area (Å²) in [6, 6.07) is 0. The van der Waals surface area contributed by atoms with Crippen LogP contribution in [0.4, 0.5) is 0 Å². The van der Waals surface area contributed by atoms with E-state index in [2.05, 4.69) is 34.6 Å². The van der Waals surface area contributed by atoms with Crippen LogP contribution in [0.1, 0.15) is 272 Å². The first-order valence-corrected chi connectivity index (χ1v) is 24.8. The van der Waals surface area contributed by atoms with Crippen LogP contribution in [0.25, 0.3) is 0 Å². The molecule has 0 rings (SSSR count). The van der Waals surface area contributed by atoms with Crippen molar-refractivity contribution in [2.45, 2.75) is 278 Å². The molecule has 6 nitrogen and oxygen atoms in total. The van der Waals surface area contributed by atoms with Crippen LogP contribution in [0.5, 0.6) is 0 Å². The maximum absolute atomic E-state index is 12.7. The zero-order chi connectivity index (χ0) is 41.2. The summed E-state index contributed by atoms with van der Waals surface area (Å²) in [4.78, 5) is 37.8. The molecule has 0 fully saturated rings. The molecule has 0 radical (unpaired) electrons. The highest BCUT2D eigenvalue weighted by Gasteiger charge is 2.19. The molecule has 0 aromatic carbocycles. The summed E-state index contributed by atoms with van der Waals surface area (Å²) in [7, 11) is 0. The van der Waals surface area contributed by atoms with Crippen LogP contribution < -0.4 is 0 Å². The fourth-order valence-electron chi connectivity index (χ4n) is 7.43. The van der Waals surface area contributed by atoms with E-state index in [0.29, 0.717) is 19.3 Å². The molecule has 0 amide bonds. The quantitative estimate of drug-likeness (QED) is 0.0347. The van der Waals surface area contributed by atoms with E-state index in [9.17, 15) is 14.4 Å². The highest BCUT2D eigenvalue weighted by Crippen LogP contribution is 2.17. The number of rotatable bonds is 44. The maximum Gasteiger partial charge on any atom is 0.306 e. The largest absolute Gasteiger partial charge is 0.462 e. The van der Waals surface area contributed by atoms with Crippen LogP contribution in [-0.2, 0) is 28.6 Å². The molecule has 0 aliphatic heterocycles. The Morgan fingerprint density at radius 2 is 0.679 bits per heavy atom. The number of hydrogen-bond donors (Lipinski definition) is 0. The molecule has 0 aromatic heterocycles. The van der Waals surface area contributed by atoms with Gasteiger partial charge in [-0.25, -0.2) is 0 Å². The lowest BCUT2D eigenvalue weighted by molar-refractivity contribution is -0.167. The molecule has 2 atom stereocenters. The number of hydrogen-bond acceptors (Lipinski definition) is 6. The van der Waals surface area contributed by atoms with Crippen molar-refractivity contribution in [3.8, 4) is 0 Å². The zero-order valence-electron chi connectivity index (χ0n) is 38.3. The molecule has 0 saturated carbocycles. The molecule has 0 heterocycles. The third-order valence-corrected chi connectivity index (χ3v) is 11.6. The highest BCUT2D eigenvalue weighted by molar-refractivity contribution is 5.71. The van der Waals surface area contributed by atoms with Gasteiger partial charge in [-0.05, 0) is 31.1 Å². The van der Waals surface area contributed by atoms with E-state index in [1.165, 1.54) is 161 Å². The second kappa shape index (κ2) is 43.0. The van der Waals surface area contributed by atoms with Crippen molar-refractivity contribution >= 4 is 17.9 Å². The smallest absolute Gasteiger partial charge is 0.306 e. The Morgan fingerprint density at radius 3 is 1.02 bits per heavy atom. The first-order chi connectivity index (χ1) is 27.3. The van der Waals surface area contributed by atoms with E-state index in [1.54, 1.807) is 0 Å². The summed E-state index contributed by atoms with van der Waals surface area (Å²) in [5, 5.41) is 0. The Bertz CT molecular complexity index is 856. The second-order valence-corrected chi connectivity index (χ2v) is 17.8. The van der Waals surface area contributed by atoms with Crippen molar-refractivity contribution in [2.75, 3.05) is 13.2 Å². The van der Waals surface area contributed by atoms with Crippen LogP contribution in [-0.4, -0.2) is 37.2 Å². The molecule has 0 aliphatic rings. The van der Waals surface area contributed by atoms with Crippen LogP contribution in [0.3, 0.4) is 0 Å². The summed E-state index contributed by atoms with van der Waals surface area (Å²) in [5.41, 5.74) is 0. The normalized spacial score (nSPS) is 12.5. The molecular formula is C50H96O6. The number of carbonyl (C=O) groups is 3. The molecule has 332 valence electrons. The van der Waals surface area contributed by atoms with E-state index in [4.69, 9.17) is 14.2 Å². The molecule has 0 aliphatic carbocycles. The minimum absolute atomic E-state index is 0.0651. The van der Waals surface area contributed by atoms with Gasteiger partial charge in [0.1, 0.15) is 13.2 Å². The third kappa shape index (κ3) is 42.0. The van der Waals surface area contributed by atoms with Gasteiger partial charge >= 0.3 is 17.9 Å². The highest BCUT2D eigenvalue weighted by atomic mass is 16.6. The topological polar surface area (TPSA) is 78.9 Å². The van der Waals surface area contributed by atoms with E-state index in [-0.39, 0.29) is 31.1 Å². The number of esters is 3. The predicted molar refractivity (Wildman–Crippen MR) is 238 cm³/mol. The van der Waals surface area contributed by atoms with Crippen LogP contribution in [0.2, 0.25) is 0 Å². The average molecular weight is 793 g/mol. The third-order valence-electron chi connectivity index (χ3n) is 11.6. The summed E-state index contributed by atoms with van der Waals surface area (Å²) < 4.78 is 16.7. The van der Waals surface area contributed by atoms with Gasteiger partial charge in [-0.3, -0.25) is 14.4 Å². The van der Waals surface area contributed by atoms with Gasteiger partial charge in [-0.15, -0.1) is 0 Å². The van der Waals surface area contributed by atoms with E-state index in [1.807, 2.05) is 0 Å². The Kier molecular flexibility index (Phi) is 41.8. The Labute approximate surface area is 348 Å². The van der Waals surface area contributed by atoms with Crippen LogP contribution in [0, 0.1) is 11.8 Å². The zero-order valence-corrected chi connectivity index (χ0v) is 38.3. The Balaban J connectivity index is 4.23. The first-order valence-electron chi connectivity index (χ1n) is 24.8. The van der Waals surface area contributed by atoms with Crippen molar-refractivity contribution in [1.29, 1.82) is 0 Å². The molecule has 0 bridgehead atoms. The molecular weight excluding hydrogens is 697 g/mol. The Morgan fingerprint density at radius 1 is 0.375 bits per heavy atom. The molecule has 1 unspecified atom stereocenters. The number of unbranched alkanes of at least 4 members (excludes halogenated alkanes) is 28. The van der Waals surface area contributed by atoms with E-state index < -0.39 is 6.10 Å². The molecule has 6 heteroatoms. The SMILES string of the molecule is CCCCCCCCCCCCCC(=O)OC[C@@H](COC(=O)CCCCCCCCCCCCCCCCC(C)CC)OC(=O)CCCCCCCCC(C)C. The van der Waals surface area contributed by atoms with Crippen molar-refractivity contribution in [3.05, 3.63) is 0 Å². The fraction of sp³-hybridized carbons (Fsp3) is 0.940. The van der Waals surface area contributed by atoms with Crippen LogP contribution in [0.15, 0.2) is 0 Å². The van der Waals surface area contributed by atoms with Gasteiger partial charge in [-0.2, -0.15) is 0 Å². The number of ether oxygens (including phenoxy) is 3. The maximum atomic E-state index is 12.7. The standard InChI is InChI=1S/C50H96O6/c1-6-8-9-10-11-12-17-21-24-30-35-40-48(51)54-43-47(56-50(53)42-37-32-27-26-28-33-38-45(3)4)44-55-49(52)41-36-31-25-22-19-16-14-13-15-18-20-23-29-34-39-46(5)7-2/h45-47H,6-44H2,1-5H3/t46?,47-/m0/s1. The van der Waals surface area contributed by atoms with Gasteiger partial charge in [0.25, 0.3) is 0 Å². The lowest BCUT2D eigenvalue weighted by Gasteiger charge is -2.18. The second-order valence-electron chi connectivity index (χ2n) is 17.8. The van der Waals surface area contributed by atoms with Gasteiger partial charge < -0.3 is 14.2 Å². The molecule has 0 saturated heterocycles. The van der Waals surface area contributed by atoms with Crippen molar-refractivity contribution in [1.82, 2.24) is 0 Å². The minimum Gasteiger partial charge on any atom is -0.462 e. The average Bonchev–Trinajstić information content (AvgIpc) is 3.18. The fourth-order valence-corrected chi connectivity index (χ4v) is 7.43. The predicted octanol–water partition coefficient (Wildman–Crippen LogP) is 15.8. The summed E-state index contributed by atoms with van der Waals surface area (Å²) in [6.45, 7) is 11.3. The van der Waals surface area contributed by atoms with Crippen molar-refractivity contribution < 1.29 is 28.6 Å². The van der Waals surface area contributed by atoms with Gasteiger partial charge in [0.15, 0.2) is 6.10 Å². The Hall–Kier alpha value is -1.59. The lowest BCUT2D eigenvalue weighted by Crippen LogP contribution is -2.30. The summed E-state index contributed by atoms with van der Waals surface area (Å²) in [6.07, 6.45) is 42.4. The van der Waals surface area contributed by atoms with Gasteiger partial charge in [0.2, 0.25) is 0 Å². The summed E-state index contributed by atoms with van der Waals surface area (Å²) in [5.74, 6) is 0.797. The molecule has 0 aromatic rings. The van der Waals surface area contributed by atoms with Gasteiger partial charge in [0.05, 0.1) is 0 Å². The van der Waals surface area contributed by atoms with Crippen molar-refractivity contribution in [2.24, 2.45) is 11.8 Å². The lowest BCUT2D eigenvalue weighted by atomic mass is 9.99. The number of carbonyl (C=O) groups excluding carboxylic acids is 3. The van der Waals surface area contributed by atoms with E-state index >= 15 is 0 Å².